The van der Waals surface area contributed by atoms with Crippen LogP contribution in [0.4, 0.5) is 0 Å². The number of nitriles is 1. The number of hydrogen-bond donors (Lipinski definition) is 0. The second-order valence-corrected chi connectivity index (χ2v) is 4.44. The second-order valence-electron chi connectivity index (χ2n) is 4.44. The molecule has 0 unspecified atom stereocenters. The van der Waals surface area contributed by atoms with Crippen LogP contribution >= 0.6 is 0 Å². The molecule has 1 aromatic rings. The predicted molar refractivity (Wildman–Crippen MR) is 62.0 cm³/mol. The average Bonchev–Trinajstić information content (AvgIpc) is 2.58. The van der Waals surface area contributed by atoms with E-state index in [1.165, 1.54) is 0 Å². The molecule has 0 aliphatic rings. The first kappa shape index (κ1) is 12.7. The molecule has 0 aliphatic heterocycles. The number of rotatable bonds is 5. The Hall–Kier alpha value is -1.41. The molecule has 88 valence electrons. The first-order valence-electron chi connectivity index (χ1n) is 5.50. The fourth-order valence-corrected chi connectivity index (χ4v) is 1.65. The molecule has 0 aliphatic carbocycles. The molecule has 5 nitrogen and oxygen atoms in total. The molecule has 0 radical (unpaired) electrons. The highest BCUT2D eigenvalue weighted by atomic mass is 15.4. The van der Waals surface area contributed by atoms with E-state index in [0.717, 1.165) is 24.5 Å². The largest absolute Gasteiger partial charge is 0.308 e. The van der Waals surface area contributed by atoms with Crippen LogP contribution in [0.25, 0.3) is 0 Å². The van der Waals surface area contributed by atoms with Gasteiger partial charge in [-0.1, -0.05) is 19.1 Å². The van der Waals surface area contributed by atoms with Gasteiger partial charge in [0, 0.05) is 6.54 Å². The van der Waals surface area contributed by atoms with E-state index in [-0.39, 0.29) is 0 Å². The third-order valence-electron chi connectivity index (χ3n) is 2.40. The summed E-state index contributed by atoms with van der Waals surface area (Å²) >= 11 is 0. The zero-order valence-electron chi connectivity index (χ0n) is 10.4. The van der Waals surface area contributed by atoms with Crippen LogP contribution in [0.2, 0.25) is 0 Å². The Bertz CT molecular complexity index is 372. The lowest BCUT2D eigenvalue weighted by atomic mass is 10.1. The number of hydrogen-bond acceptors (Lipinski definition) is 4. The van der Waals surface area contributed by atoms with E-state index in [1.807, 2.05) is 18.8 Å². The minimum atomic E-state index is 0.343. The van der Waals surface area contributed by atoms with Crippen molar-refractivity contribution < 1.29 is 0 Å². The summed E-state index contributed by atoms with van der Waals surface area (Å²) in [5, 5.41) is 16.9. The van der Waals surface area contributed by atoms with Crippen LogP contribution in [0.5, 0.6) is 0 Å². The van der Waals surface area contributed by atoms with Crippen molar-refractivity contribution in [1.82, 2.24) is 19.9 Å². The van der Waals surface area contributed by atoms with Crippen LogP contribution in [0.3, 0.4) is 0 Å². The smallest absolute Gasteiger partial charge is 0.100 e. The molecule has 0 saturated carbocycles. The van der Waals surface area contributed by atoms with Gasteiger partial charge in [-0.05, 0) is 20.0 Å². The summed E-state index contributed by atoms with van der Waals surface area (Å²) in [4.78, 5) is 2.11. The molecule has 0 fully saturated rings. The van der Waals surface area contributed by atoms with Crippen molar-refractivity contribution in [3.05, 3.63) is 11.4 Å². The minimum Gasteiger partial charge on any atom is -0.308 e. The Morgan fingerprint density at radius 2 is 2.12 bits per heavy atom. The summed E-state index contributed by atoms with van der Waals surface area (Å²) in [5.74, 6) is 0.348. The summed E-state index contributed by atoms with van der Waals surface area (Å²) in [6, 6.07) is 2.13. The minimum absolute atomic E-state index is 0.343. The van der Waals surface area contributed by atoms with Crippen molar-refractivity contribution in [2.75, 3.05) is 20.6 Å². The third kappa shape index (κ3) is 3.04. The zero-order valence-corrected chi connectivity index (χ0v) is 10.4. The Balaban J connectivity index is 2.88. The fourth-order valence-electron chi connectivity index (χ4n) is 1.65. The van der Waals surface area contributed by atoms with Gasteiger partial charge in [0.25, 0.3) is 0 Å². The highest BCUT2D eigenvalue weighted by Gasteiger charge is 2.15. The van der Waals surface area contributed by atoms with E-state index in [9.17, 15) is 0 Å². The van der Waals surface area contributed by atoms with Crippen molar-refractivity contribution >= 4 is 0 Å². The maximum atomic E-state index is 8.72. The van der Waals surface area contributed by atoms with Crippen LogP contribution < -0.4 is 0 Å². The molecule has 16 heavy (non-hydrogen) atoms. The van der Waals surface area contributed by atoms with Crippen molar-refractivity contribution in [2.45, 2.75) is 32.7 Å². The van der Waals surface area contributed by atoms with Crippen molar-refractivity contribution in [3.8, 4) is 6.07 Å². The first-order valence-corrected chi connectivity index (χ1v) is 5.50. The molecule has 1 heterocycles. The predicted octanol–water partition coefficient (Wildman–Crippen LogP) is 1.03. The molecule has 0 N–H and O–H groups in total. The number of aromatic nitrogens is 3. The quantitative estimate of drug-likeness (QED) is 0.745. The van der Waals surface area contributed by atoms with Crippen LogP contribution in [-0.4, -0.2) is 40.5 Å². The fraction of sp³-hybridized carbons (Fsp3) is 0.727. The van der Waals surface area contributed by atoms with Crippen molar-refractivity contribution in [3.63, 3.8) is 0 Å². The average molecular weight is 221 g/mol. The molecule has 5 heteroatoms. The maximum Gasteiger partial charge on any atom is 0.100 e. The molecule has 0 spiro atoms. The molecule has 0 saturated heterocycles. The van der Waals surface area contributed by atoms with Gasteiger partial charge in [-0.2, -0.15) is 5.26 Å². The molecule has 0 aromatic carbocycles. The Morgan fingerprint density at radius 3 is 2.62 bits per heavy atom. The molecule has 0 atom stereocenters. The van der Waals surface area contributed by atoms with E-state index >= 15 is 0 Å². The Labute approximate surface area is 96.7 Å². The molecule has 1 aromatic heterocycles. The van der Waals surface area contributed by atoms with E-state index in [0.29, 0.717) is 12.3 Å². The Morgan fingerprint density at radius 1 is 1.44 bits per heavy atom. The Kier molecular flexibility index (Phi) is 4.44. The van der Waals surface area contributed by atoms with Crippen LogP contribution in [-0.2, 0) is 13.0 Å². The van der Waals surface area contributed by atoms with Gasteiger partial charge in [-0.15, -0.1) is 5.10 Å². The lowest BCUT2D eigenvalue weighted by molar-refractivity contribution is 0.365. The lowest BCUT2D eigenvalue weighted by Gasteiger charge is -2.13. The monoisotopic (exact) mass is 221 g/mol. The SMILES string of the molecule is CC(C)c1c(CC#N)nnn1CCN(C)C. The van der Waals surface area contributed by atoms with E-state index in [1.54, 1.807) is 0 Å². The molecular weight excluding hydrogens is 202 g/mol. The number of nitrogens with zero attached hydrogens (tertiary/aromatic N) is 5. The van der Waals surface area contributed by atoms with Crippen molar-refractivity contribution in [2.24, 2.45) is 0 Å². The van der Waals surface area contributed by atoms with E-state index in [2.05, 4.69) is 35.1 Å². The van der Waals surface area contributed by atoms with Gasteiger partial charge in [0.2, 0.25) is 0 Å². The van der Waals surface area contributed by atoms with E-state index < -0.39 is 0 Å². The maximum absolute atomic E-state index is 8.72. The number of likely N-dealkylation sites (N-methyl/N-ethyl adjacent to an activating group) is 1. The third-order valence-corrected chi connectivity index (χ3v) is 2.40. The van der Waals surface area contributed by atoms with Gasteiger partial charge in [0.15, 0.2) is 0 Å². The van der Waals surface area contributed by atoms with Crippen LogP contribution in [0.15, 0.2) is 0 Å². The second kappa shape index (κ2) is 5.61. The summed E-state index contributed by atoms with van der Waals surface area (Å²) in [6.45, 7) is 5.95. The lowest BCUT2D eigenvalue weighted by Crippen LogP contribution is -2.20. The summed E-state index contributed by atoms with van der Waals surface area (Å²) in [7, 11) is 4.06. The topological polar surface area (TPSA) is 57.7 Å². The van der Waals surface area contributed by atoms with Gasteiger partial charge in [0.1, 0.15) is 5.69 Å². The van der Waals surface area contributed by atoms with Crippen LogP contribution in [0, 0.1) is 11.3 Å². The molecular formula is C11H19N5. The normalized spacial score (nSPS) is 11.1. The van der Waals surface area contributed by atoms with Gasteiger partial charge >= 0.3 is 0 Å². The van der Waals surface area contributed by atoms with Gasteiger partial charge in [0.05, 0.1) is 24.7 Å². The highest BCUT2D eigenvalue weighted by molar-refractivity contribution is 5.17. The van der Waals surface area contributed by atoms with Crippen LogP contribution in [0.1, 0.15) is 31.2 Å². The summed E-state index contributed by atoms with van der Waals surface area (Å²) < 4.78 is 1.91. The molecule has 1 rings (SSSR count). The highest BCUT2D eigenvalue weighted by Crippen LogP contribution is 2.17. The molecule has 0 amide bonds. The van der Waals surface area contributed by atoms with E-state index in [4.69, 9.17) is 5.26 Å². The van der Waals surface area contributed by atoms with Gasteiger partial charge in [-0.3, -0.25) is 0 Å². The van der Waals surface area contributed by atoms with Crippen molar-refractivity contribution in [1.29, 1.82) is 5.26 Å². The first-order chi connectivity index (χ1) is 7.56. The zero-order chi connectivity index (χ0) is 12.1. The van der Waals surface area contributed by atoms with Gasteiger partial charge in [-0.25, -0.2) is 4.68 Å². The molecule has 0 bridgehead atoms. The standard InChI is InChI=1S/C11H19N5/c1-9(2)11-10(5-6-12)13-14-16(11)8-7-15(3)4/h9H,5,7-8H2,1-4H3. The summed E-state index contributed by atoms with van der Waals surface area (Å²) in [5.41, 5.74) is 1.90. The summed E-state index contributed by atoms with van der Waals surface area (Å²) in [6.07, 6.45) is 0.343. The van der Waals surface area contributed by atoms with Gasteiger partial charge < -0.3 is 4.90 Å².